The highest BCUT2D eigenvalue weighted by atomic mass is 79.9. The minimum Gasteiger partial charge on any atom is -0.493 e. The number of fused-ring (bicyclic) bond motifs is 1. The van der Waals surface area contributed by atoms with Gasteiger partial charge in [0.25, 0.3) is 5.91 Å². The second-order valence-electron chi connectivity index (χ2n) is 8.03. The van der Waals surface area contributed by atoms with Gasteiger partial charge in [-0.1, -0.05) is 22.9 Å². The summed E-state index contributed by atoms with van der Waals surface area (Å²) in [5.41, 5.74) is 0.0731. The van der Waals surface area contributed by atoms with E-state index in [1.807, 2.05) is 18.2 Å². The molecule has 2 heterocycles. The standard InChI is InChI=1S/C20H24BrN3O4/c1-12-4-7-20(8-5-12)18(26)24(19(27)23-20)11-17(25)22-15-6-9-28-16-3-2-13(21)10-14(15)16/h2-3,10,12,15H,4-9,11H2,1H3,(H,22,25)(H,23,27). The molecule has 28 heavy (non-hydrogen) atoms. The number of carbonyl (C=O) groups excluding carboxylic acids is 3. The summed E-state index contributed by atoms with van der Waals surface area (Å²) in [6, 6.07) is 5.00. The Kier molecular flexibility index (Phi) is 5.07. The van der Waals surface area contributed by atoms with Crippen molar-refractivity contribution in [1.82, 2.24) is 15.5 Å². The average Bonchev–Trinajstić information content (AvgIpc) is 2.89. The number of urea groups is 1. The molecule has 4 amide bonds. The summed E-state index contributed by atoms with van der Waals surface area (Å²) in [5, 5.41) is 5.81. The Morgan fingerprint density at radius 3 is 2.82 bits per heavy atom. The first-order valence-corrected chi connectivity index (χ1v) is 10.5. The van der Waals surface area contributed by atoms with Crippen LogP contribution in [0.1, 0.15) is 50.6 Å². The van der Waals surface area contributed by atoms with Crippen molar-refractivity contribution in [3.05, 3.63) is 28.2 Å². The lowest BCUT2D eigenvalue weighted by Gasteiger charge is -2.33. The van der Waals surface area contributed by atoms with Gasteiger partial charge < -0.3 is 15.4 Å². The van der Waals surface area contributed by atoms with Crippen LogP contribution in [0.25, 0.3) is 0 Å². The zero-order chi connectivity index (χ0) is 19.9. The SMILES string of the molecule is CC1CCC2(CC1)NC(=O)N(CC(=O)NC1CCOc3ccc(Br)cc31)C2=O. The number of halogens is 1. The first-order chi connectivity index (χ1) is 13.4. The van der Waals surface area contributed by atoms with Crippen LogP contribution in [-0.2, 0) is 9.59 Å². The fourth-order valence-corrected chi connectivity index (χ4v) is 4.69. The molecule has 7 nitrogen and oxygen atoms in total. The summed E-state index contributed by atoms with van der Waals surface area (Å²) in [6.45, 7) is 2.40. The Balaban J connectivity index is 1.43. The number of nitrogens with zero attached hydrogens (tertiary/aromatic N) is 1. The van der Waals surface area contributed by atoms with Crippen molar-refractivity contribution in [3.63, 3.8) is 0 Å². The maximum Gasteiger partial charge on any atom is 0.325 e. The maximum absolute atomic E-state index is 12.9. The molecular weight excluding hydrogens is 426 g/mol. The topological polar surface area (TPSA) is 87.7 Å². The van der Waals surface area contributed by atoms with Crippen LogP contribution in [0.3, 0.4) is 0 Å². The Morgan fingerprint density at radius 1 is 1.32 bits per heavy atom. The highest BCUT2D eigenvalue weighted by molar-refractivity contribution is 9.10. The first-order valence-electron chi connectivity index (χ1n) is 9.74. The number of amides is 4. The van der Waals surface area contributed by atoms with Gasteiger partial charge in [-0.3, -0.25) is 14.5 Å². The quantitative estimate of drug-likeness (QED) is 0.694. The van der Waals surface area contributed by atoms with Gasteiger partial charge >= 0.3 is 6.03 Å². The fraction of sp³-hybridized carbons (Fsp3) is 0.550. The number of hydrogen-bond donors (Lipinski definition) is 2. The molecule has 1 atom stereocenters. The van der Waals surface area contributed by atoms with E-state index in [0.29, 0.717) is 31.8 Å². The lowest BCUT2D eigenvalue weighted by Crippen LogP contribution is -2.50. The van der Waals surface area contributed by atoms with Gasteiger partial charge in [0.1, 0.15) is 17.8 Å². The molecular formula is C20H24BrN3O4. The molecule has 3 aliphatic rings. The van der Waals surface area contributed by atoms with Crippen molar-refractivity contribution >= 4 is 33.8 Å². The van der Waals surface area contributed by atoms with Gasteiger partial charge in [-0.25, -0.2) is 4.79 Å². The van der Waals surface area contributed by atoms with Gasteiger partial charge in [0, 0.05) is 16.5 Å². The summed E-state index contributed by atoms with van der Waals surface area (Å²) in [7, 11) is 0. The van der Waals surface area contributed by atoms with Crippen molar-refractivity contribution in [2.45, 2.75) is 50.6 Å². The molecule has 2 aliphatic heterocycles. The van der Waals surface area contributed by atoms with E-state index in [9.17, 15) is 14.4 Å². The van der Waals surface area contributed by atoms with Gasteiger partial charge in [-0.2, -0.15) is 0 Å². The number of nitrogens with one attached hydrogen (secondary N) is 2. The monoisotopic (exact) mass is 449 g/mol. The van der Waals surface area contributed by atoms with Crippen LogP contribution < -0.4 is 15.4 Å². The number of ether oxygens (including phenoxy) is 1. The predicted octanol–water partition coefficient (Wildman–Crippen LogP) is 2.89. The maximum atomic E-state index is 12.9. The van der Waals surface area contributed by atoms with Crippen LogP contribution in [0, 0.1) is 5.92 Å². The van der Waals surface area contributed by atoms with E-state index in [0.717, 1.165) is 33.5 Å². The molecule has 1 unspecified atom stereocenters. The van der Waals surface area contributed by atoms with Crippen LogP contribution in [0.2, 0.25) is 0 Å². The molecule has 1 aromatic rings. The second kappa shape index (κ2) is 7.39. The van der Waals surface area contributed by atoms with Crippen LogP contribution in [-0.4, -0.2) is 41.4 Å². The molecule has 8 heteroatoms. The molecule has 150 valence electrons. The normalized spacial score (nSPS) is 29.3. The molecule has 0 bridgehead atoms. The number of imide groups is 1. The Labute approximate surface area is 172 Å². The number of carbonyl (C=O) groups is 3. The Morgan fingerprint density at radius 2 is 2.07 bits per heavy atom. The molecule has 2 fully saturated rings. The zero-order valence-corrected chi connectivity index (χ0v) is 17.4. The Hall–Kier alpha value is -2.09. The van der Waals surface area contributed by atoms with E-state index in [1.54, 1.807) is 0 Å². The minimum absolute atomic E-state index is 0.209. The van der Waals surface area contributed by atoms with E-state index in [-0.39, 0.29) is 24.4 Å². The van der Waals surface area contributed by atoms with Crippen molar-refractivity contribution < 1.29 is 19.1 Å². The molecule has 1 saturated carbocycles. The summed E-state index contributed by atoms with van der Waals surface area (Å²) >= 11 is 3.44. The zero-order valence-electron chi connectivity index (χ0n) is 15.8. The van der Waals surface area contributed by atoms with Gasteiger partial charge in [-0.15, -0.1) is 0 Å². The van der Waals surface area contributed by atoms with E-state index < -0.39 is 11.6 Å². The van der Waals surface area contributed by atoms with E-state index in [4.69, 9.17) is 4.74 Å². The van der Waals surface area contributed by atoms with Crippen LogP contribution >= 0.6 is 15.9 Å². The molecule has 4 rings (SSSR count). The third kappa shape index (κ3) is 3.50. The summed E-state index contributed by atoms with van der Waals surface area (Å²) in [6.07, 6.45) is 3.72. The van der Waals surface area contributed by atoms with Crippen molar-refractivity contribution in [1.29, 1.82) is 0 Å². The molecule has 1 aromatic carbocycles. The summed E-state index contributed by atoms with van der Waals surface area (Å²) in [4.78, 5) is 39.0. The van der Waals surface area contributed by atoms with Gasteiger partial charge in [0.05, 0.1) is 12.6 Å². The van der Waals surface area contributed by atoms with E-state index in [2.05, 4.69) is 33.5 Å². The highest BCUT2D eigenvalue weighted by Gasteiger charge is 2.52. The van der Waals surface area contributed by atoms with Gasteiger partial charge in [0.15, 0.2) is 0 Å². The third-order valence-corrected chi connectivity index (χ3v) is 6.52. The predicted molar refractivity (Wildman–Crippen MR) is 106 cm³/mol. The minimum atomic E-state index is -0.819. The van der Waals surface area contributed by atoms with Gasteiger partial charge in [-0.05, 0) is 49.8 Å². The van der Waals surface area contributed by atoms with Crippen molar-refractivity contribution in [2.75, 3.05) is 13.2 Å². The van der Waals surface area contributed by atoms with Crippen LogP contribution in [0.4, 0.5) is 4.79 Å². The Bertz CT molecular complexity index is 820. The average molecular weight is 450 g/mol. The molecule has 0 radical (unpaired) electrons. The van der Waals surface area contributed by atoms with Crippen LogP contribution in [0.5, 0.6) is 5.75 Å². The largest absolute Gasteiger partial charge is 0.493 e. The molecule has 0 aromatic heterocycles. The highest BCUT2D eigenvalue weighted by Crippen LogP contribution is 2.37. The van der Waals surface area contributed by atoms with Crippen molar-refractivity contribution in [3.8, 4) is 5.75 Å². The number of benzene rings is 1. The smallest absolute Gasteiger partial charge is 0.325 e. The number of rotatable bonds is 3. The summed E-state index contributed by atoms with van der Waals surface area (Å²) < 4.78 is 6.54. The fourth-order valence-electron chi connectivity index (χ4n) is 4.31. The molecule has 2 N–H and O–H groups in total. The first kappa shape index (κ1) is 19.2. The lowest BCUT2D eigenvalue weighted by molar-refractivity contribution is -0.136. The summed E-state index contributed by atoms with van der Waals surface area (Å²) in [5.74, 6) is 0.683. The molecule has 1 spiro atoms. The molecule has 1 aliphatic carbocycles. The second-order valence-corrected chi connectivity index (χ2v) is 8.94. The van der Waals surface area contributed by atoms with Crippen LogP contribution in [0.15, 0.2) is 22.7 Å². The number of hydrogen-bond acceptors (Lipinski definition) is 4. The lowest BCUT2D eigenvalue weighted by atomic mass is 9.77. The molecule has 1 saturated heterocycles. The van der Waals surface area contributed by atoms with Crippen molar-refractivity contribution in [2.24, 2.45) is 5.92 Å². The van der Waals surface area contributed by atoms with E-state index >= 15 is 0 Å². The third-order valence-electron chi connectivity index (χ3n) is 6.02. The van der Waals surface area contributed by atoms with Gasteiger partial charge in [0.2, 0.25) is 5.91 Å². The van der Waals surface area contributed by atoms with E-state index in [1.165, 1.54) is 0 Å².